The molecule has 0 heterocycles. The van der Waals surface area contributed by atoms with E-state index in [0.29, 0.717) is 10.8 Å². The number of anilines is 1. The van der Waals surface area contributed by atoms with Crippen LogP contribution in [0.25, 0.3) is 0 Å². The number of fused-ring (bicyclic) bond motifs is 1. The molecule has 0 amide bonds. The van der Waals surface area contributed by atoms with Crippen LogP contribution in [0.1, 0.15) is 30.0 Å². The number of hydrogen-bond donors (Lipinski definition) is 2. The molecule has 0 saturated carbocycles. The highest BCUT2D eigenvalue weighted by molar-refractivity contribution is 7.80. The molecule has 1 aliphatic rings. The lowest BCUT2D eigenvalue weighted by Crippen LogP contribution is -2.34. The average molecular weight is 330 g/mol. The molecule has 23 heavy (non-hydrogen) atoms. The van der Waals surface area contributed by atoms with E-state index >= 15 is 0 Å². The number of methoxy groups -OCH3 is 1. The summed E-state index contributed by atoms with van der Waals surface area (Å²) < 4.78 is 18.5. The van der Waals surface area contributed by atoms with Gasteiger partial charge in [-0.15, -0.1) is 0 Å². The predicted molar refractivity (Wildman–Crippen MR) is 94.4 cm³/mol. The SMILES string of the molecule is COc1ccc2c(c1)CCC[C@@H]2NC(=S)Nc1cccc(F)c1. The molecule has 2 N–H and O–H groups in total. The summed E-state index contributed by atoms with van der Waals surface area (Å²) in [6.45, 7) is 0. The molecule has 120 valence electrons. The lowest BCUT2D eigenvalue weighted by molar-refractivity contribution is 0.412. The number of hydrogen-bond acceptors (Lipinski definition) is 2. The van der Waals surface area contributed by atoms with E-state index in [9.17, 15) is 4.39 Å². The van der Waals surface area contributed by atoms with Crippen molar-refractivity contribution >= 4 is 23.0 Å². The topological polar surface area (TPSA) is 33.3 Å². The Morgan fingerprint density at radius 2 is 2.13 bits per heavy atom. The smallest absolute Gasteiger partial charge is 0.171 e. The minimum absolute atomic E-state index is 0.165. The van der Waals surface area contributed by atoms with Crippen molar-refractivity contribution in [2.75, 3.05) is 12.4 Å². The first-order chi connectivity index (χ1) is 11.2. The fraction of sp³-hybridized carbons (Fsp3) is 0.278. The van der Waals surface area contributed by atoms with Gasteiger partial charge in [-0.3, -0.25) is 0 Å². The van der Waals surface area contributed by atoms with E-state index in [-0.39, 0.29) is 11.9 Å². The van der Waals surface area contributed by atoms with Gasteiger partial charge in [-0.1, -0.05) is 12.1 Å². The van der Waals surface area contributed by atoms with Crippen molar-refractivity contribution in [1.82, 2.24) is 5.32 Å². The summed E-state index contributed by atoms with van der Waals surface area (Å²) in [7, 11) is 1.68. The lowest BCUT2D eigenvalue weighted by Gasteiger charge is -2.28. The summed E-state index contributed by atoms with van der Waals surface area (Å²) in [5, 5.41) is 6.88. The van der Waals surface area contributed by atoms with Gasteiger partial charge in [-0.25, -0.2) is 4.39 Å². The van der Waals surface area contributed by atoms with Crippen LogP contribution in [0.4, 0.5) is 10.1 Å². The van der Waals surface area contributed by atoms with Crippen molar-refractivity contribution in [3.8, 4) is 5.75 Å². The van der Waals surface area contributed by atoms with Crippen LogP contribution in [0.15, 0.2) is 42.5 Å². The van der Waals surface area contributed by atoms with E-state index in [1.54, 1.807) is 19.2 Å². The first-order valence-corrected chi connectivity index (χ1v) is 8.06. The Hall–Kier alpha value is -2.14. The van der Waals surface area contributed by atoms with Crippen LogP contribution in [0.3, 0.4) is 0 Å². The molecule has 0 aromatic heterocycles. The van der Waals surface area contributed by atoms with Gasteiger partial charge in [0.25, 0.3) is 0 Å². The fourth-order valence-corrected chi connectivity index (χ4v) is 3.22. The summed E-state index contributed by atoms with van der Waals surface area (Å²) in [5.41, 5.74) is 3.19. The average Bonchev–Trinajstić information content (AvgIpc) is 2.54. The number of aryl methyl sites for hydroxylation is 1. The Balaban J connectivity index is 1.70. The molecule has 0 fully saturated rings. The zero-order chi connectivity index (χ0) is 16.2. The van der Waals surface area contributed by atoms with Gasteiger partial charge < -0.3 is 15.4 Å². The fourth-order valence-electron chi connectivity index (χ4n) is 2.96. The molecule has 1 aliphatic carbocycles. The number of nitrogens with one attached hydrogen (secondary N) is 2. The summed E-state index contributed by atoms with van der Waals surface area (Å²) >= 11 is 5.37. The van der Waals surface area contributed by atoms with E-state index < -0.39 is 0 Å². The molecule has 2 aromatic rings. The van der Waals surface area contributed by atoms with Gasteiger partial charge in [0.1, 0.15) is 11.6 Å². The van der Waals surface area contributed by atoms with Crippen LogP contribution in [0.2, 0.25) is 0 Å². The normalized spacial score (nSPS) is 16.3. The second-order valence-electron chi connectivity index (χ2n) is 5.62. The largest absolute Gasteiger partial charge is 0.497 e. The Morgan fingerprint density at radius 1 is 1.26 bits per heavy atom. The molecule has 2 aromatic carbocycles. The van der Waals surface area contributed by atoms with Crippen LogP contribution < -0.4 is 15.4 Å². The third-order valence-electron chi connectivity index (χ3n) is 4.05. The molecule has 3 nitrogen and oxygen atoms in total. The van der Waals surface area contributed by atoms with Crippen molar-refractivity contribution in [3.63, 3.8) is 0 Å². The molecular weight excluding hydrogens is 311 g/mol. The third kappa shape index (κ3) is 3.79. The Kier molecular flexibility index (Phi) is 4.76. The van der Waals surface area contributed by atoms with Crippen LogP contribution in [-0.4, -0.2) is 12.2 Å². The van der Waals surface area contributed by atoms with Crippen LogP contribution in [-0.2, 0) is 6.42 Å². The maximum atomic E-state index is 13.2. The van der Waals surface area contributed by atoms with Gasteiger partial charge in [0.2, 0.25) is 0 Å². The van der Waals surface area contributed by atoms with Crippen molar-refractivity contribution in [2.24, 2.45) is 0 Å². The summed E-state index contributed by atoms with van der Waals surface area (Å²) in [6, 6.07) is 12.6. The standard InChI is InChI=1S/C18H19FN2OS/c1-22-15-8-9-16-12(10-15)4-2-7-17(16)21-18(23)20-14-6-3-5-13(19)11-14/h3,5-6,8-11,17H,2,4,7H2,1H3,(H2,20,21,23)/t17-/m0/s1. The predicted octanol–water partition coefficient (Wildman–Crippen LogP) is 4.20. The second kappa shape index (κ2) is 6.96. The Labute approximate surface area is 140 Å². The monoisotopic (exact) mass is 330 g/mol. The van der Waals surface area contributed by atoms with Crippen LogP contribution in [0, 0.1) is 5.82 Å². The quantitative estimate of drug-likeness (QED) is 0.827. The number of thiocarbonyl (C=S) groups is 1. The van der Waals surface area contributed by atoms with Gasteiger partial charge >= 0.3 is 0 Å². The van der Waals surface area contributed by atoms with Crippen LogP contribution in [0.5, 0.6) is 5.75 Å². The summed E-state index contributed by atoms with van der Waals surface area (Å²) in [5.74, 6) is 0.595. The molecule has 5 heteroatoms. The zero-order valence-corrected chi connectivity index (χ0v) is 13.8. The molecular formula is C18H19FN2OS. The van der Waals surface area contributed by atoms with Gasteiger partial charge in [-0.05, 0) is 72.9 Å². The van der Waals surface area contributed by atoms with E-state index in [1.165, 1.54) is 23.3 Å². The maximum absolute atomic E-state index is 13.2. The highest BCUT2D eigenvalue weighted by atomic mass is 32.1. The summed E-state index contributed by atoms with van der Waals surface area (Å²) in [6.07, 6.45) is 3.17. The Morgan fingerprint density at radius 3 is 2.91 bits per heavy atom. The van der Waals surface area contributed by atoms with Gasteiger partial charge in [0.15, 0.2) is 5.11 Å². The number of ether oxygens (including phenoxy) is 1. The highest BCUT2D eigenvalue weighted by Gasteiger charge is 2.21. The first kappa shape index (κ1) is 15.7. The van der Waals surface area contributed by atoms with E-state index in [4.69, 9.17) is 17.0 Å². The lowest BCUT2D eigenvalue weighted by atomic mass is 9.87. The van der Waals surface area contributed by atoms with Gasteiger partial charge in [0.05, 0.1) is 13.2 Å². The van der Waals surface area contributed by atoms with E-state index in [2.05, 4.69) is 22.8 Å². The van der Waals surface area contributed by atoms with Crippen molar-refractivity contribution in [1.29, 1.82) is 0 Å². The molecule has 0 unspecified atom stereocenters. The van der Waals surface area contributed by atoms with Crippen molar-refractivity contribution in [3.05, 3.63) is 59.4 Å². The molecule has 0 bridgehead atoms. The summed E-state index contributed by atoms with van der Waals surface area (Å²) in [4.78, 5) is 0. The number of benzene rings is 2. The maximum Gasteiger partial charge on any atom is 0.171 e. The second-order valence-corrected chi connectivity index (χ2v) is 6.03. The van der Waals surface area contributed by atoms with Gasteiger partial charge in [0, 0.05) is 5.69 Å². The highest BCUT2D eigenvalue weighted by Crippen LogP contribution is 2.32. The molecule has 3 rings (SSSR count). The number of halogens is 1. The molecule has 0 radical (unpaired) electrons. The molecule has 1 atom stereocenters. The minimum atomic E-state index is -0.284. The molecule has 0 saturated heterocycles. The van der Waals surface area contributed by atoms with E-state index in [0.717, 1.165) is 25.0 Å². The van der Waals surface area contributed by atoms with E-state index in [1.807, 2.05) is 6.07 Å². The molecule has 0 spiro atoms. The zero-order valence-electron chi connectivity index (χ0n) is 12.9. The first-order valence-electron chi connectivity index (χ1n) is 7.65. The van der Waals surface area contributed by atoms with Crippen molar-refractivity contribution < 1.29 is 9.13 Å². The van der Waals surface area contributed by atoms with Gasteiger partial charge in [-0.2, -0.15) is 0 Å². The third-order valence-corrected chi connectivity index (χ3v) is 4.27. The molecule has 0 aliphatic heterocycles. The Bertz CT molecular complexity index is 720. The van der Waals surface area contributed by atoms with Crippen LogP contribution >= 0.6 is 12.2 Å². The minimum Gasteiger partial charge on any atom is -0.497 e. The number of rotatable bonds is 3. The van der Waals surface area contributed by atoms with Crippen molar-refractivity contribution in [2.45, 2.75) is 25.3 Å².